The molecule has 0 aliphatic rings. The Balaban J connectivity index is 1.54. The Kier molecular flexibility index (Phi) is 7.31. The largest absolute Gasteiger partial charge is 0.480 e. The zero-order valence-corrected chi connectivity index (χ0v) is 17.9. The second kappa shape index (κ2) is 10.1. The zero-order valence-electron chi connectivity index (χ0n) is 17.1. The maximum Gasteiger partial charge on any atom is 0.316 e. The van der Waals surface area contributed by atoms with Crippen LogP contribution in [-0.2, 0) is 11.3 Å². The van der Waals surface area contributed by atoms with E-state index in [-0.39, 0.29) is 5.78 Å². The third kappa shape index (κ3) is 5.97. The molecule has 2 aromatic carbocycles. The Morgan fingerprint density at radius 2 is 1.87 bits per heavy atom. The standard InChI is InChI=1S/C25H25NO3S/c1-18-9-11-21(12-10-18)24(27)22-13-15-26(17-22)14-4-3-6-20-7-5-8-23(16-20)30-19(2)25(28)29/h3,5-13,15-17,19H,4,14H2,1-2H3,(H,28,29). The van der Waals surface area contributed by atoms with E-state index in [0.29, 0.717) is 11.1 Å². The minimum atomic E-state index is -0.812. The molecule has 3 aromatic rings. The molecular formula is C25H25NO3S. The van der Waals surface area contributed by atoms with Gasteiger partial charge in [0.2, 0.25) is 0 Å². The van der Waals surface area contributed by atoms with Crippen molar-refractivity contribution in [2.45, 2.75) is 37.0 Å². The number of aryl methyl sites for hydroxylation is 2. The lowest BCUT2D eigenvalue weighted by molar-refractivity contribution is -0.136. The Morgan fingerprint density at radius 1 is 1.10 bits per heavy atom. The minimum absolute atomic E-state index is 0.0363. The number of rotatable bonds is 9. The molecule has 0 radical (unpaired) electrons. The normalized spacial score (nSPS) is 12.2. The van der Waals surface area contributed by atoms with Crippen LogP contribution in [0.5, 0.6) is 0 Å². The molecule has 0 amide bonds. The highest BCUT2D eigenvalue weighted by atomic mass is 32.2. The monoisotopic (exact) mass is 419 g/mol. The number of carboxylic acids is 1. The number of carbonyl (C=O) groups excluding carboxylic acids is 1. The van der Waals surface area contributed by atoms with E-state index in [1.807, 2.05) is 84.6 Å². The first kappa shape index (κ1) is 21.7. The molecule has 0 aliphatic heterocycles. The van der Waals surface area contributed by atoms with Crippen molar-refractivity contribution in [2.75, 3.05) is 0 Å². The second-order valence-corrected chi connectivity index (χ2v) is 8.61. The Labute approximate surface area is 181 Å². The molecule has 0 aliphatic carbocycles. The van der Waals surface area contributed by atoms with Crippen molar-refractivity contribution < 1.29 is 14.7 Å². The molecule has 0 saturated heterocycles. The molecule has 1 unspecified atom stereocenters. The summed E-state index contributed by atoms with van der Waals surface area (Å²) in [7, 11) is 0. The number of benzene rings is 2. The van der Waals surface area contributed by atoms with Crippen LogP contribution in [0.2, 0.25) is 0 Å². The number of thioether (sulfide) groups is 1. The van der Waals surface area contributed by atoms with Gasteiger partial charge in [0, 0.05) is 35.0 Å². The van der Waals surface area contributed by atoms with Gasteiger partial charge in [0.05, 0.1) is 0 Å². The van der Waals surface area contributed by atoms with E-state index in [0.717, 1.165) is 29.0 Å². The van der Waals surface area contributed by atoms with Crippen LogP contribution in [0.15, 0.2) is 78.0 Å². The van der Waals surface area contributed by atoms with Crippen LogP contribution in [0.3, 0.4) is 0 Å². The first-order chi connectivity index (χ1) is 14.4. The molecule has 154 valence electrons. The number of hydrogen-bond acceptors (Lipinski definition) is 3. The maximum absolute atomic E-state index is 12.6. The van der Waals surface area contributed by atoms with Crippen LogP contribution in [0, 0.1) is 6.92 Å². The van der Waals surface area contributed by atoms with Gasteiger partial charge in [0.25, 0.3) is 0 Å². The first-order valence-corrected chi connectivity index (χ1v) is 10.7. The molecule has 0 spiro atoms. The summed E-state index contributed by atoms with van der Waals surface area (Å²) < 4.78 is 2.02. The van der Waals surface area contributed by atoms with Gasteiger partial charge in [-0.15, -0.1) is 11.8 Å². The molecule has 0 fully saturated rings. The molecule has 3 rings (SSSR count). The van der Waals surface area contributed by atoms with E-state index < -0.39 is 11.2 Å². The summed E-state index contributed by atoms with van der Waals surface area (Å²) in [6, 6.07) is 17.3. The topological polar surface area (TPSA) is 59.3 Å². The van der Waals surface area contributed by atoms with Gasteiger partial charge in [-0.05, 0) is 44.0 Å². The molecule has 1 atom stereocenters. The highest BCUT2D eigenvalue weighted by molar-refractivity contribution is 8.00. The van der Waals surface area contributed by atoms with Crippen LogP contribution >= 0.6 is 11.8 Å². The summed E-state index contributed by atoms with van der Waals surface area (Å²) in [6.07, 6.45) is 8.78. The number of aliphatic carboxylic acids is 1. The minimum Gasteiger partial charge on any atom is -0.480 e. The fourth-order valence-corrected chi connectivity index (χ4v) is 3.85. The van der Waals surface area contributed by atoms with Crippen molar-refractivity contribution in [3.05, 3.63) is 95.3 Å². The number of carbonyl (C=O) groups is 2. The maximum atomic E-state index is 12.6. The average Bonchev–Trinajstić information content (AvgIpc) is 3.20. The lowest BCUT2D eigenvalue weighted by Crippen LogP contribution is -2.10. The fourth-order valence-electron chi connectivity index (χ4n) is 2.97. The summed E-state index contributed by atoms with van der Waals surface area (Å²) in [5.74, 6) is -0.776. The van der Waals surface area contributed by atoms with Gasteiger partial charge >= 0.3 is 5.97 Å². The van der Waals surface area contributed by atoms with E-state index in [1.54, 1.807) is 6.92 Å². The third-order valence-electron chi connectivity index (χ3n) is 4.71. The van der Waals surface area contributed by atoms with E-state index >= 15 is 0 Å². The molecule has 0 saturated carbocycles. The molecule has 1 aromatic heterocycles. The Morgan fingerprint density at radius 3 is 2.60 bits per heavy atom. The van der Waals surface area contributed by atoms with E-state index in [9.17, 15) is 9.59 Å². The summed E-state index contributed by atoms with van der Waals surface area (Å²) in [5.41, 5.74) is 3.57. The van der Waals surface area contributed by atoms with Gasteiger partial charge in [-0.25, -0.2) is 0 Å². The van der Waals surface area contributed by atoms with Crippen molar-refractivity contribution in [3.8, 4) is 0 Å². The van der Waals surface area contributed by atoms with Crippen LogP contribution in [0.1, 0.15) is 40.4 Å². The van der Waals surface area contributed by atoms with Crippen molar-refractivity contribution in [3.63, 3.8) is 0 Å². The van der Waals surface area contributed by atoms with Crippen molar-refractivity contribution in [2.24, 2.45) is 0 Å². The van der Waals surface area contributed by atoms with Gasteiger partial charge in [0.1, 0.15) is 5.25 Å². The number of hydrogen-bond donors (Lipinski definition) is 1. The summed E-state index contributed by atoms with van der Waals surface area (Å²) >= 11 is 1.34. The average molecular weight is 420 g/mol. The Bertz CT molecular complexity index is 1050. The number of carboxylic acid groups (broad SMARTS) is 1. The second-order valence-electron chi connectivity index (χ2n) is 7.20. The molecule has 1 heterocycles. The molecule has 30 heavy (non-hydrogen) atoms. The Hall–Kier alpha value is -3.05. The molecule has 5 heteroatoms. The quantitative estimate of drug-likeness (QED) is 0.357. The van der Waals surface area contributed by atoms with Crippen LogP contribution in [-0.4, -0.2) is 26.7 Å². The van der Waals surface area contributed by atoms with Crippen molar-refractivity contribution in [1.82, 2.24) is 4.57 Å². The zero-order chi connectivity index (χ0) is 21.5. The van der Waals surface area contributed by atoms with Gasteiger partial charge < -0.3 is 9.67 Å². The highest BCUT2D eigenvalue weighted by Gasteiger charge is 2.12. The predicted molar refractivity (Wildman–Crippen MR) is 122 cm³/mol. The molecule has 1 N–H and O–H groups in total. The lowest BCUT2D eigenvalue weighted by Gasteiger charge is -2.06. The van der Waals surface area contributed by atoms with Gasteiger partial charge in [-0.1, -0.05) is 54.1 Å². The lowest BCUT2D eigenvalue weighted by atomic mass is 10.0. The van der Waals surface area contributed by atoms with E-state index in [4.69, 9.17) is 5.11 Å². The number of nitrogens with zero attached hydrogens (tertiary/aromatic N) is 1. The van der Waals surface area contributed by atoms with Gasteiger partial charge in [-0.3, -0.25) is 9.59 Å². The summed E-state index contributed by atoms with van der Waals surface area (Å²) in [4.78, 5) is 24.5. The molecular weight excluding hydrogens is 394 g/mol. The predicted octanol–water partition coefficient (Wildman–Crippen LogP) is 5.70. The fraction of sp³-hybridized carbons (Fsp3) is 0.200. The van der Waals surface area contributed by atoms with Crippen LogP contribution in [0.25, 0.3) is 6.08 Å². The third-order valence-corrected chi connectivity index (χ3v) is 5.79. The first-order valence-electron chi connectivity index (χ1n) is 9.85. The van der Waals surface area contributed by atoms with Gasteiger partial charge in [-0.2, -0.15) is 0 Å². The number of aromatic nitrogens is 1. The van der Waals surface area contributed by atoms with Crippen LogP contribution < -0.4 is 0 Å². The molecule has 0 bridgehead atoms. The van der Waals surface area contributed by atoms with Gasteiger partial charge in [0.15, 0.2) is 5.78 Å². The summed E-state index contributed by atoms with van der Waals surface area (Å²) in [6.45, 7) is 4.47. The number of ketones is 1. The van der Waals surface area contributed by atoms with Crippen LogP contribution in [0.4, 0.5) is 0 Å². The van der Waals surface area contributed by atoms with Crippen molar-refractivity contribution in [1.29, 1.82) is 0 Å². The van der Waals surface area contributed by atoms with E-state index in [2.05, 4.69) is 6.08 Å². The molecule has 4 nitrogen and oxygen atoms in total. The summed E-state index contributed by atoms with van der Waals surface area (Å²) in [5, 5.41) is 8.57. The highest BCUT2D eigenvalue weighted by Crippen LogP contribution is 2.24. The smallest absolute Gasteiger partial charge is 0.316 e. The van der Waals surface area contributed by atoms with E-state index in [1.165, 1.54) is 11.8 Å². The SMILES string of the molecule is Cc1ccc(C(=O)c2ccn(CCC=Cc3cccc(SC(C)C(=O)O)c3)c2)cc1. The van der Waals surface area contributed by atoms with Crippen molar-refractivity contribution >= 4 is 29.6 Å². The number of allylic oxidation sites excluding steroid dienone is 1.